The molecule has 4 rings (SSSR count). The molecule has 0 aromatic heterocycles. The van der Waals surface area contributed by atoms with E-state index in [1.54, 1.807) is 61.7 Å². The summed E-state index contributed by atoms with van der Waals surface area (Å²) in [5.41, 5.74) is 3.54. The minimum atomic E-state index is -0.464. The van der Waals surface area contributed by atoms with Crippen molar-refractivity contribution in [2.24, 2.45) is 0 Å². The molecule has 0 saturated heterocycles. The lowest BCUT2D eigenvalue weighted by atomic mass is 10.1. The van der Waals surface area contributed by atoms with E-state index in [1.165, 1.54) is 11.8 Å². The molecule has 9 heteroatoms. The van der Waals surface area contributed by atoms with Gasteiger partial charge in [-0.15, -0.1) is 11.8 Å². The highest BCUT2D eigenvalue weighted by Crippen LogP contribution is 2.22. The molecule has 3 N–H and O–H groups in total. The summed E-state index contributed by atoms with van der Waals surface area (Å²) in [6, 6.07) is 30.7. The lowest BCUT2D eigenvalue weighted by Gasteiger charge is -2.13. The van der Waals surface area contributed by atoms with Crippen molar-refractivity contribution in [3.8, 4) is 5.75 Å². The molecule has 0 radical (unpaired) electrons. The Morgan fingerprint density at radius 3 is 2.19 bits per heavy atom. The number of carbonyl (C=O) groups excluding carboxylic acids is 3. The minimum Gasteiger partial charge on any atom is -0.497 e. The Morgan fingerprint density at radius 2 is 1.52 bits per heavy atom. The summed E-state index contributed by atoms with van der Waals surface area (Å²) >= 11 is 1.37. The zero-order chi connectivity index (χ0) is 29.9. The number of hydrogen-bond donors (Lipinski definition) is 3. The minimum absolute atomic E-state index is 0.106. The first-order valence-corrected chi connectivity index (χ1v) is 14.1. The van der Waals surface area contributed by atoms with Gasteiger partial charge in [-0.2, -0.15) is 0 Å². The highest BCUT2D eigenvalue weighted by atomic mass is 32.2. The molecule has 0 aliphatic rings. The van der Waals surface area contributed by atoms with Crippen LogP contribution in [-0.4, -0.2) is 44.7 Å². The Kier molecular flexibility index (Phi) is 10.4. The van der Waals surface area contributed by atoms with Gasteiger partial charge in [0, 0.05) is 47.7 Å². The topological polar surface area (TPSA) is 99.8 Å². The van der Waals surface area contributed by atoms with Crippen molar-refractivity contribution < 1.29 is 19.1 Å². The average molecular weight is 581 g/mol. The Hall–Kier alpha value is -5.02. The van der Waals surface area contributed by atoms with Gasteiger partial charge in [0.05, 0.1) is 12.9 Å². The maximum atomic E-state index is 13.3. The molecule has 0 fully saturated rings. The summed E-state index contributed by atoms with van der Waals surface area (Å²) in [5, 5.41) is 8.46. The first-order chi connectivity index (χ1) is 20.3. The molecule has 0 saturated carbocycles. The van der Waals surface area contributed by atoms with E-state index in [-0.39, 0.29) is 23.3 Å². The summed E-state index contributed by atoms with van der Waals surface area (Å²) < 4.78 is 5.19. The van der Waals surface area contributed by atoms with E-state index in [1.807, 2.05) is 73.6 Å². The number of thioether (sulfide) groups is 1. The second-order valence-corrected chi connectivity index (χ2v) is 10.5. The molecule has 0 unspecified atom stereocenters. The monoisotopic (exact) mass is 580 g/mol. The van der Waals surface area contributed by atoms with Gasteiger partial charge < -0.3 is 25.6 Å². The lowest BCUT2D eigenvalue weighted by molar-refractivity contribution is -0.114. The zero-order valence-electron chi connectivity index (χ0n) is 23.6. The third kappa shape index (κ3) is 8.74. The molecule has 0 heterocycles. The van der Waals surface area contributed by atoms with Crippen LogP contribution < -0.4 is 25.6 Å². The molecule has 4 aromatic carbocycles. The fourth-order valence-electron chi connectivity index (χ4n) is 3.86. The predicted molar refractivity (Wildman–Crippen MR) is 170 cm³/mol. The maximum absolute atomic E-state index is 13.3. The largest absolute Gasteiger partial charge is 0.497 e. The number of hydrogen-bond acceptors (Lipinski definition) is 6. The van der Waals surface area contributed by atoms with Gasteiger partial charge in [0.25, 0.3) is 11.8 Å². The van der Waals surface area contributed by atoms with Crippen molar-refractivity contribution in [2.45, 2.75) is 4.90 Å². The molecule has 0 spiro atoms. The van der Waals surface area contributed by atoms with Crippen molar-refractivity contribution >= 4 is 52.6 Å². The summed E-state index contributed by atoms with van der Waals surface area (Å²) in [7, 11) is 5.47. The van der Waals surface area contributed by atoms with Crippen LogP contribution in [-0.2, 0) is 9.59 Å². The van der Waals surface area contributed by atoms with Crippen LogP contribution in [0.3, 0.4) is 0 Å². The van der Waals surface area contributed by atoms with Crippen LogP contribution in [0.2, 0.25) is 0 Å². The standard InChI is InChI=1S/C33H32N4O4S/c1-37(2)27-16-12-23(13-17-27)20-30(36-32(39)24-8-5-4-6-9-24)33(40)35-25-14-18-29(19-15-25)42-22-31(38)34-26-10-7-11-28(21-26)41-3/h4-21H,22H2,1-3H3,(H,34,38)(H,35,40)(H,36,39)/b30-20-. The van der Waals surface area contributed by atoms with Crippen LogP contribution in [0.15, 0.2) is 114 Å². The maximum Gasteiger partial charge on any atom is 0.272 e. The number of nitrogens with one attached hydrogen (secondary N) is 3. The van der Waals surface area contributed by atoms with Crippen LogP contribution >= 0.6 is 11.8 Å². The third-order valence-electron chi connectivity index (χ3n) is 6.08. The highest BCUT2D eigenvalue weighted by molar-refractivity contribution is 8.00. The number of carbonyl (C=O) groups is 3. The van der Waals surface area contributed by atoms with Gasteiger partial charge in [-0.1, -0.05) is 36.4 Å². The molecule has 42 heavy (non-hydrogen) atoms. The van der Waals surface area contributed by atoms with E-state index >= 15 is 0 Å². The Labute approximate surface area is 249 Å². The highest BCUT2D eigenvalue weighted by Gasteiger charge is 2.15. The lowest BCUT2D eigenvalue weighted by Crippen LogP contribution is -2.30. The van der Waals surface area contributed by atoms with E-state index < -0.39 is 5.91 Å². The number of ether oxygens (including phenoxy) is 1. The van der Waals surface area contributed by atoms with Gasteiger partial charge in [0.15, 0.2) is 0 Å². The van der Waals surface area contributed by atoms with Crippen molar-refractivity contribution in [2.75, 3.05) is 42.5 Å². The van der Waals surface area contributed by atoms with Gasteiger partial charge in [-0.05, 0) is 72.3 Å². The Morgan fingerprint density at radius 1 is 0.810 bits per heavy atom. The zero-order valence-corrected chi connectivity index (χ0v) is 24.4. The number of amides is 3. The first kappa shape index (κ1) is 30.0. The average Bonchev–Trinajstić information content (AvgIpc) is 3.01. The van der Waals surface area contributed by atoms with E-state index in [4.69, 9.17) is 4.74 Å². The fourth-order valence-corrected chi connectivity index (χ4v) is 4.56. The molecular formula is C33H32N4O4S. The summed E-state index contributed by atoms with van der Waals surface area (Å²) in [6.45, 7) is 0. The number of rotatable bonds is 11. The van der Waals surface area contributed by atoms with Gasteiger partial charge in [-0.3, -0.25) is 14.4 Å². The van der Waals surface area contributed by atoms with Crippen molar-refractivity contribution in [1.82, 2.24) is 5.32 Å². The number of anilines is 3. The van der Waals surface area contributed by atoms with Crippen molar-refractivity contribution in [3.05, 3.63) is 120 Å². The summed E-state index contributed by atoms with van der Waals surface area (Å²) in [5.74, 6) is -0.116. The molecule has 0 aliphatic carbocycles. The third-order valence-corrected chi connectivity index (χ3v) is 7.10. The quantitative estimate of drug-likeness (QED) is 0.151. The Bertz CT molecular complexity index is 1550. The predicted octanol–water partition coefficient (Wildman–Crippen LogP) is 5.90. The smallest absolute Gasteiger partial charge is 0.272 e. The summed E-state index contributed by atoms with van der Waals surface area (Å²) in [6.07, 6.45) is 1.64. The van der Waals surface area contributed by atoms with Crippen molar-refractivity contribution in [1.29, 1.82) is 0 Å². The molecule has 214 valence electrons. The molecule has 8 nitrogen and oxygen atoms in total. The van der Waals surface area contributed by atoms with Crippen LogP contribution in [0.1, 0.15) is 15.9 Å². The second kappa shape index (κ2) is 14.6. The molecule has 3 amide bonds. The van der Waals surface area contributed by atoms with Crippen LogP contribution in [0.5, 0.6) is 5.75 Å². The Balaban J connectivity index is 1.41. The van der Waals surface area contributed by atoms with E-state index in [0.29, 0.717) is 22.7 Å². The van der Waals surface area contributed by atoms with E-state index in [2.05, 4.69) is 16.0 Å². The number of nitrogens with zero attached hydrogens (tertiary/aromatic N) is 1. The number of methoxy groups -OCH3 is 1. The van der Waals surface area contributed by atoms with Crippen LogP contribution in [0.25, 0.3) is 6.08 Å². The molecule has 0 bridgehead atoms. The SMILES string of the molecule is COc1cccc(NC(=O)CSc2ccc(NC(=O)/C(=C/c3ccc(N(C)C)cc3)NC(=O)c3ccccc3)cc2)c1. The molecule has 0 aliphatic heterocycles. The van der Waals surface area contributed by atoms with E-state index in [9.17, 15) is 14.4 Å². The van der Waals surface area contributed by atoms with Crippen LogP contribution in [0.4, 0.5) is 17.1 Å². The first-order valence-electron chi connectivity index (χ1n) is 13.1. The van der Waals surface area contributed by atoms with E-state index in [0.717, 1.165) is 16.1 Å². The van der Waals surface area contributed by atoms with Gasteiger partial charge in [-0.25, -0.2) is 0 Å². The molecular weight excluding hydrogens is 548 g/mol. The van der Waals surface area contributed by atoms with Gasteiger partial charge >= 0.3 is 0 Å². The fraction of sp³-hybridized carbons (Fsp3) is 0.121. The summed E-state index contributed by atoms with van der Waals surface area (Å²) in [4.78, 5) is 41.4. The van der Waals surface area contributed by atoms with Gasteiger partial charge in [0.2, 0.25) is 5.91 Å². The molecule has 4 aromatic rings. The van der Waals surface area contributed by atoms with Gasteiger partial charge in [0.1, 0.15) is 11.4 Å². The second-order valence-electron chi connectivity index (χ2n) is 9.41. The number of benzene rings is 4. The van der Waals surface area contributed by atoms with Crippen molar-refractivity contribution in [3.63, 3.8) is 0 Å². The van der Waals surface area contributed by atoms with Crippen LogP contribution in [0, 0.1) is 0 Å². The normalized spacial score (nSPS) is 10.9. The molecule has 0 atom stereocenters.